The van der Waals surface area contributed by atoms with Crippen LogP contribution >= 0.6 is 0 Å². The number of likely N-dealkylation sites (tertiary alicyclic amines) is 1. The molecule has 0 unspecified atom stereocenters. The first kappa shape index (κ1) is 22.4. The van der Waals surface area contributed by atoms with E-state index in [-0.39, 0.29) is 5.82 Å². The number of carbonyl (C=O) groups excluding carboxylic acids is 1. The van der Waals surface area contributed by atoms with Crippen LogP contribution in [0.5, 0.6) is 0 Å². The summed E-state index contributed by atoms with van der Waals surface area (Å²) >= 11 is 0. The van der Waals surface area contributed by atoms with Gasteiger partial charge in [-0.15, -0.1) is 5.10 Å². The summed E-state index contributed by atoms with van der Waals surface area (Å²) in [6, 6.07) is 10.3. The second kappa shape index (κ2) is 8.13. The van der Waals surface area contributed by atoms with Crippen molar-refractivity contribution in [3.8, 4) is 17.2 Å². The Balaban J connectivity index is 1.44. The average Bonchev–Trinajstić information content (AvgIpc) is 3.39. The molecular formula is C22H19F2N9O2. The van der Waals surface area contributed by atoms with Crippen LogP contribution in [0.2, 0.25) is 0 Å². The van der Waals surface area contributed by atoms with E-state index in [1.807, 2.05) is 13.0 Å². The Labute approximate surface area is 197 Å². The third-order valence-corrected chi connectivity index (χ3v) is 5.53. The molecule has 11 nitrogen and oxygen atoms in total. The van der Waals surface area contributed by atoms with Crippen LogP contribution in [0, 0.1) is 6.92 Å². The molecule has 5 heterocycles. The van der Waals surface area contributed by atoms with Crippen LogP contribution in [0.3, 0.4) is 0 Å². The second-order valence-corrected chi connectivity index (χ2v) is 8.08. The van der Waals surface area contributed by atoms with Gasteiger partial charge in [0.2, 0.25) is 5.95 Å². The van der Waals surface area contributed by atoms with Gasteiger partial charge >= 0.3 is 5.92 Å². The van der Waals surface area contributed by atoms with E-state index in [0.717, 1.165) is 27.2 Å². The Kier molecular flexibility index (Phi) is 5.20. The highest BCUT2D eigenvalue weighted by Crippen LogP contribution is 2.43. The van der Waals surface area contributed by atoms with Crippen LogP contribution in [-0.4, -0.2) is 70.4 Å². The minimum Gasteiger partial charge on any atom is -0.369 e. The minimum absolute atomic E-state index is 0.227. The van der Waals surface area contributed by atoms with Crippen molar-refractivity contribution in [3.63, 3.8) is 0 Å². The van der Waals surface area contributed by atoms with E-state index in [4.69, 9.17) is 0 Å². The summed E-state index contributed by atoms with van der Waals surface area (Å²) in [4.78, 5) is 30.4. The number of nitrogens with one attached hydrogen (secondary N) is 1. The fourth-order valence-corrected chi connectivity index (χ4v) is 3.76. The molecule has 5 rings (SSSR count). The van der Waals surface area contributed by atoms with Gasteiger partial charge in [0.25, 0.3) is 11.5 Å². The van der Waals surface area contributed by atoms with E-state index >= 15 is 0 Å². The number of alkyl halides is 2. The Hall–Kier alpha value is -4.39. The van der Waals surface area contributed by atoms with Gasteiger partial charge in [0, 0.05) is 30.8 Å². The van der Waals surface area contributed by atoms with Gasteiger partial charge in [-0.3, -0.25) is 9.78 Å². The molecule has 0 saturated carbocycles. The van der Waals surface area contributed by atoms with Gasteiger partial charge in [0.15, 0.2) is 5.82 Å². The summed E-state index contributed by atoms with van der Waals surface area (Å²) in [5.41, 5.74) is -1.11. The third-order valence-electron chi connectivity index (χ3n) is 5.53. The first-order valence-electron chi connectivity index (χ1n) is 10.5. The number of amides is 1. The quantitative estimate of drug-likeness (QED) is 0.440. The third kappa shape index (κ3) is 3.85. The number of anilines is 2. The predicted molar refractivity (Wildman–Crippen MR) is 119 cm³/mol. The fraction of sp³-hybridized carbons (Fsp3) is 0.227. The van der Waals surface area contributed by atoms with Gasteiger partial charge in [-0.1, -0.05) is 11.3 Å². The van der Waals surface area contributed by atoms with E-state index in [9.17, 15) is 18.7 Å². The van der Waals surface area contributed by atoms with Crippen LogP contribution < -0.4 is 5.32 Å². The molecule has 0 aromatic carbocycles. The van der Waals surface area contributed by atoms with Crippen LogP contribution in [0.4, 0.5) is 20.4 Å². The molecule has 1 aliphatic rings. The van der Waals surface area contributed by atoms with Gasteiger partial charge in [-0.05, 0) is 37.3 Å². The summed E-state index contributed by atoms with van der Waals surface area (Å²) in [5, 5.41) is 21.1. The smallest absolute Gasteiger partial charge is 0.308 e. The molecule has 1 aliphatic heterocycles. The molecule has 35 heavy (non-hydrogen) atoms. The maximum absolute atomic E-state index is 14.5. The summed E-state index contributed by atoms with van der Waals surface area (Å²) in [6.07, 6.45) is 4.30. The number of pyridine rings is 2. The molecule has 4 aromatic rings. The Morgan fingerprint density at radius 3 is 2.60 bits per heavy atom. The normalized spacial score (nSPS) is 19.2. The van der Waals surface area contributed by atoms with Gasteiger partial charge in [-0.2, -0.15) is 0 Å². The fourth-order valence-electron chi connectivity index (χ4n) is 3.76. The van der Waals surface area contributed by atoms with Gasteiger partial charge in [0.05, 0.1) is 24.1 Å². The lowest BCUT2D eigenvalue weighted by atomic mass is 9.95. The van der Waals surface area contributed by atoms with Crippen molar-refractivity contribution in [3.05, 3.63) is 66.4 Å². The molecule has 0 aliphatic carbocycles. The molecule has 178 valence electrons. The molecule has 13 heteroatoms. The molecule has 1 saturated heterocycles. The Bertz CT molecular complexity index is 1430. The van der Waals surface area contributed by atoms with E-state index in [2.05, 4.69) is 35.6 Å². The zero-order valence-electron chi connectivity index (χ0n) is 18.6. The van der Waals surface area contributed by atoms with E-state index < -0.39 is 29.7 Å². The lowest BCUT2D eigenvalue weighted by Gasteiger charge is -2.23. The summed E-state index contributed by atoms with van der Waals surface area (Å²) in [7, 11) is 1.18. The largest absolute Gasteiger partial charge is 0.369 e. The lowest BCUT2D eigenvalue weighted by molar-refractivity contribution is -0.174. The number of likely N-dealkylation sites (N-methyl/N-ethyl adjacent to an activating group) is 1. The number of aromatic nitrogens is 7. The highest BCUT2D eigenvalue weighted by Gasteiger charge is 2.67. The number of carbonyl (C=O) groups is 1. The number of aryl methyl sites for hydroxylation is 1. The number of hydrogen-bond acceptors (Lipinski definition) is 9. The molecule has 0 spiro atoms. The van der Waals surface area contributed by atoms with Gasteiger partial charge < -0.3 is 15.3 Å². The van der Waals surface area contributed by atoms with Crippen LogP contribution in [0.15, 0.2) is 55.0 Å². The number of nitrogens with zero attached hydrogens (tertiary/aromatic N) is 8. The van der Waals surface area contributed by atoms with Crippen molar-refractivity contribution in [1.29, 1.82) is 0 Å². The van der Waals surface area contributed by atoms with Gasteiger partial charge in [0.1, 0.15) is 5.69 Å². The van der Waals surface area contributed by atoms with Crippen molar-refractivity contribution in [2.75, 3.05) is 18.9 Å². The molecule has 1 amide bonds. The molecule has 0 bridgehead atoms. The molecule has 2 N–H and O–H groups in total. The Morgan fingerprint density at radius 2 is 1.86 bits per heavy atom. The average molecular weight is 479 g/mol. The van der Waals surface area contributed by atoms with E-state index in [1.54, 1.807) is 42.7 Å². The zero-order valence-corrected chi connectivity index (χ0v) is 18.6. The number of aliphatic hydroxyl groups is 1. The summed E-state index contributed by atoms with van der Waals surface area (Å²) < 4.78 is 30.0. The maximum Gasteiger partial charge on any atom is 0.308 e. The topological polar surface area (TPSA) is 135 Å². The van der Waals surface area contributed by atoms with Crippen molar-refractivity contribution in [2.45, 2.75) is 18.4 Å². The lowest BCUT2D eigenvalue weighted by Crippen LogP contribution is -2.47. The number of halogens is 2. The standard InChI is InChI=1S/C22H19F2N9O2/c1-13-10-14(6-8-25-13)27-20-26-9-7-16(29-20)15-4-3-5-18(28-15)33-11-17(30-31-33)22(35)19(34)32(2)12-21(22,23)24/h3-11,35H,12H2,1-2H3,(H,25,26,27,29)/t22-/m1/s1. The molecule has 1 atom stereocenters. The highest BCUT2D eigenvalue weighted by molar-refractivity contribution is 5.89. The second-order valence-electron chi connectivity index (χ2n) is 8.08. The first-order valence-corrected chi connectivity index (χ1v) is 10.5. The monoisotopic (exact) mass is 479 g/mol. The minimum atomic E-state index is -3.73. The highest BCUT2D eigenvalue weighted by atomic mass is 19.3. The van der Waals surface area contributed by atoms with Gasteiger partial charge in [-0.25, -0.2) is 28.4 Å². The molecular weight excluding hydrogens is 460 g/mol. The van der Waals surface area contributed by atoms with Crippen molar-refractivity contribution in [1.82, 2.24) is 39.8 Å². The van der Waals surface area contributed by atoms with Crippen LogP contribution in [0.1, 0.15) is 11.4 Å². The first-order chi connectivity index (χ1) is 16.7. The van der Waals surface area contributed by atoms with E-state index in [0.29, 0.717) is 17.3 Å². The SMILES string of the molecule is Cc1cc(Nc2nccc(-c3cccc(-n4cc([C@@]5(O)C(=O)N(C)CC5(F)F)nn4)n3)n2)ccn1. The van der Waals surface area contributed by atoms with Crippen molar-refractivity contribution in [2.24, 2.45) is 0 Å². The van der Waals surface area contributed by atoms with Crippen LogP contribution in [-0.2, 0) is 10.4 Å². The zero-order chi connectivity index (χ0) is 24.8. The molecule has 0 radical (unpaired) electrons. The summed E-state index contributed by atoms with van der Waals surface area (Å²) in [6.45, 7) is 0.945. The van der Waals surface area contributed by atoms with Crippen LogP contribution in [0.25, 0.3) is 17.2 Å². The van der Waals surface area contributed by atoms with E-state index in [1.165, 1.54) is 7.05 Å². The molecule has 4 aromatic heterocycles. The van der Waals surface area contributed by atoms with Crippen molar-refractivity contribution < 1.29 is 18.7 Å². The number of rotatable bonds is 5. The predicted octanol–water partition coefficient (Wildman–Crippen LogP) is 1.86. The Morgan fingerprint density at radius 1 is 1.09 bits per heavy atom. The maximum atomic E-state index is 14.5. The number of hydrogen-bond donors (Lipinski definition) is 2. The molecule has 1 fully saturated rings. The summed E-state index contributed by atoms with van der Waals surface area (Å²) in [5.74, 6) is -4.31. The van der Waals surface area contributed by atoms with Crippen molar-refractivity contribution >= 4 is 17.5 Å².